The smallest absolute Gasteiger partial charge is 0.251 e. The van der Waals surface area contributed by atoms with Crippen LogP contribution < -0.4 is 10.6 Å². The van der Waals surface area contributed by atoms with Crippen LogP contribution in [0.15, 0.2) is 35.2 Å². The molecule has 0 aliphatic heterocycles. The van der Waals surface area contributed by atoms with Gasteiger partial charge in [0, 0.05) is 23.8 Å². The monoisotopic (exact) mass is 429 g/mol. The minimum Gasteiger partial charge on any atom is -0.352 e. The maximum atomic E-state index is 12.4. The lowest BCUT2D eigenvalue weighted by molar-refractivity contribution is 0.0953. The van der Waals surface area contributed by atoms with Crippen molar-refractivity contribution in [1.29, 1.82) is 0 Å². The molecule has 3 aromatic rings. The number of hydrogen-bond acceptors (Lipinski definition) is 4. The molecule has 0 bridgehead atoms. The highest BCUT2D eigenvalue weighted by atomic mass is 79.9. The number of amides is 1. The van der Waals surface area contributed by atoms with E-state index < -0.39 is 0 Å². The number of nitrogens with zero attached hydrogens (tertiary/aromatic N) is 3. The number of rotatable bonds is 6. The molecular formula is C20H24BrN5O. The average molecular weight is 430 g/mol. The molecule has 0 saturated heterocycles. The second-order valence-electron chi connectivity index (χ2n) is 6.82. The van der Waals surface area contributed by atoms with Crippen molar-refractivity contribution in [2.45, 2.75) is 40.2 Å². The second-order valence-corrected chi connectivity index (χ2v) is 7.63. The number of imidazole rings is 1. The molecule has 27 heavy (non-hydrogen) atoms. The summed E-state index contributed by atoms with van der Waals surface area (Å²) in [5.74, 6) is 0.645. The van der Waals surface area contributed by atoms with Crippen LogP contribution in [0.5, 0.6) is 0 Å². The van der Waals surface area contributed by atoms with Crippen LogP contribution in [0.3, 0.4) is 0 Å². The molecule has 142 valence electrons. The zero-order chi connectivity index (χ0) is 19.6. The molecule has 0 spiro atoms. The van der Waals surface area contributed by atoms with Crippen molar-refractivity contribution in [3.05, 3.63) is 46.3 Å². The van der Waals surface area contributed by atoms with E-state index in [1.165, 1.54) is 0 Å². The van der Waals surface area contributed by atoms with Crippen LogP contribution in [0.25, 0.3) is 11.0 Å². The van der Waals surface area contributed by atoms with Crippen LogP contribution in [0.2, 0.25) is 0 Å². The molecule has 0 radical (unpaired) electrons. The van der Waals surface area contributed by atoms with Gasteiger partial charge in [-0.2, -0.15) is 0 Å². The Labute approximate surface area is 167 Å². The number of hydrogen-bond donors (Lipinski definition) is 2. The lowest BCUT2D eigenvalue weighted by atomic mass is 10.1. The van der Waals surface area contributed by atoms with E-state index in [1.54, 1.807) is 0 Å². The van der Waals surface area contributed by atoms with Gasteiger partial charge in [0.15, 0.2) is 5.82 Å². The van der Waals surface area contributed by atoms with Gasteiger partial charge in [0.2, 0.25) is 0 Å². The minimum absolute atomic E-state index is 0.0578. The highest BCUT2D eigenvalue weighted by Gasteiger charge is 2.15. The number of fused-ring (bicyclic) bond motifs is 1. The Balaban J connectivity index is 2.00. The van der Waals surface area contributed by atoms with Crippen LogP contribution in [-0.4, -0.2) is 27.0 Å². The number of anilines is 2. The first-order valence-electron chi connectivity index (χ1n) is 9.09. The molecular weight excluding hydrogens is 406 g/mol. The van der Waals surface area contributed by atoms with Gasteiger partial charge in [0.1, 0.15) is 10.1 Å². The van der Waals surface area contributed by atoms with Gasteiger partial charge in [-0.15, -0.1) is 0 Å². The van der Waals surface area contributed by atoms with Gasteiger partial charge in [0.25, 0.3) is 5.91 Å². The maximum Gasteiger partial charge on any atom is 0.251 e. The van der Waals surface area contributed by atoms with E-state index in [9.17, 15) is 4.79 Å². The standard InChI is InChI=1S/C20H24BrN5O/c1-5-8-22-20(27)15-9-14(7-6-13(15)4)24-19-18-16(10-17(21)25-19)23-11-26(18)12(2)3/h6-7,9-12H,5,8H2,1-4H3,(H,22,27)(H,24,25). The van der Waals surface area contributed by atoms with Gasteiger partial charge < -0.3 is 15.2 Å². The SMILES string of the molecule is CCCNC(=O)c1cc(Nc2nc(Br)cc3ncn(C(C)C)c23)ccc1C. The van der Waals surface area contributed by atoms with Crippen LogP contribution in [0, 0.1) is 6.92 Å². The van der Waals surface area contributed by atoms with Crippen LogP contribution in [0.4, 0.5) is 11.5 Å². The number of pyridine rings is 1. The zero-order valence-corrected chi connectivity index (χ0v) is 17.6. The summed E-state index contributed by atoms with van der Waals surface area (Å²) in [6, 6.07) is 7.92. The van der Waals surface area contributed by atoms with Gasteiger partial charge in [-0.3, -0.25) is 4.79 Å². The number of nitrogens with one attached hydrogen (secondary N) is 2. The quantitative estimate of drug-likeness (QED) is 0.542. The van der Waals surface area contributed by atoms with E-state index >= 15 is 0 Å². The largest absolute Gasteiger partial charge is 0.352 e. The van der Waals surface area contributed by atoms with Crippen LogP contribution >= 0.6 is 15.9 Å². The summed E-state index contributed by atoms with van der Waals surface area (Å²) in [6.45, 7) is 8.85. The third-order valence-corrected chi connectivity index (χ3v) is 4.76. The number of carbonyl (C=O) groups excluding carboxylic acids is 1. The molecule has 0 unspecified atom stereocenters. The van der Waals surface area contributed by atoms with E-state index in [0.29, 0.717) is 22.5 Å². The summed E-state index contributed by atoms with van der Waals surface area (Å²) in [5, 5.41) is 6.30. The summed E-state index contributed by atoms with van der Waals surface area (Å²) in [4.78, 5) is 21.5. The molecule has 0 saturated carbocycles. The fourth-order valence-corrected chi connectivity index (χ4v) is 3.32. The van der Waals surface area contributed by atoms with Crippen molar-refractivity contribution in [3.8, 4) is 0 Å². The van der Waals surface area contributed by atoms with Gasteiger partial charge in [0.05, 0.1) is 11.8 Å². The number of aromatic nitrogens is 3. The van der Waals surface area contributed by atoms with E-state index in [1.807, 2.05) is 44.4 Å². The average Bonchev–Trinajstić information content (AvgIpc) is 3.05. The molecule has 2 N–H and O–H groups in total. The summed E-state index contributed by atoms with van der Waals surface area (Å²) in [7, 11) is 0. The Morgan fingerprint density at radius 1 is 1.30 bits per heavy atom. The highest BCUT2D eigenvalue weighted by molar-refractivity contribution is 9.10. The Bertz CT molecular complexity index is 980. The van der Waals surface area contributed by atoms with E-state index in [-0.39, 0.29) is 11.9 Å². The molecule has 6 nitrogen and oxygen atoms in total. The van der Waals surface area contributed by atoms with Crippen molar-refractivity contribution in [3.63, 3.8) is 0 Å². The summed E-state index contributed by atoms with van der Waals surface area (Å²) in [5.41, 5.74) is 4.21. The zero-order valence-electron chi connectivity index (χ0n) is 16.0. The van der Waals surface area contributed by atoms with Crippen molar-refractivity contribution >= 4 is 44.4 Å². The highest BCUT2D eigenvalue weighted by Crippen LogP contribution is 2.29. The Morgan fingerprint density at radius 2 is 2.07 bits per heavy atom. The van der Waals surface area contributed by atoms with Crippen molar-refractivity contribution < 1.29 is 4.79 Å². The first-order valence-corrected chi connectivity index (χ1v) is 9.89. The van der Waals surface area contributed by atoms with Gasteiger partial charge in [-0.25, -0.2) is 9.97 Å². The molecule has 1 amide bonds. The fourth-order valence-electron chi connectivity index (χ4n) is 2.92. The number of carbonyl (C=O) groups is 1. The number of aryl methyl sites for hydroxylation is 1. The second kappa shape index (κ2) is 8.08. The Kier molecular flexibility index (Phi) is 5.79. The molecule has 0 aliphatic rings. The molecule has 0 fully saturated rings. The molecule has 0 atom stereocenters. The summed E-state index contributed by atoms with van der Waals surface area (Å²) in [6.07, 6.45) is 2.73. The van der Waals surface area contributed by atoms with E-state index in [2.05, 4.69) is 54.9 Å². The molecule has 2 heterocycles. The van der Waals surface area contributed by atoms with Crippen LogP contribution in [-0.2, 0) is 0 Å². The maximum absolute atomic E-state index is 12.4. The number of benzene rings is 1. The van der Waals surface area contributed by atoms with Crippen molar-refractivity contribution in [1.82, 2.24) is 19.9 Å². The third kappa shape index (κ3) is 4.13. The first-order chi connectivity index (χ1) is 12.9. The minimum atomic E-state index is -0.0578. The van der Waals surface area contributed by atoms with E-state index in [0.717, 1.165) is 28.7 Å². The van der Waals surface area contributed by atoms with Crippen LogP contribution in [0.1, 0.15) is 49.2 Å². The predicted molar refractivity (Wildman–Crippen MR) is 113 cm³/mol. The molecule has 0 aliphatic carbocycles. The van der Waals surface area contributed by atoms with Gasteiger partial charge in [-0.05, 0) is 66.9 Å². The van der Waals surface area contributed by atoms with Crippen molar-refractivity contribution in [2.75, 3.05) is 11.9 Å². The fraction of sp³-hybridized carbons (Fsp3) is 0.350. The topological polar surface area (TPSA) is 71.8 Å². The molecule has 3 rings (SSSR count). The Morgan fingerprint density at radius 3 is 2.78 bits per heavy atom. The molecule has 1 aromatic carbocycles. The van der Waals surface area contributed by atoms with Crippen molar-refractivity contribution in [2.24, 2.45) is 0 Å². The normalized spacial score (nSPS) is 11.2. The molecule has 2 aromatic heterocycles. The van der Waals surface area contributed by atoms with Gasteiger partial charge in [-0.1, -0.05) is 13.0 Å². The van der Waals surface area contributed by atoms with E-state index in [4.69, 9.17) is 0 Å². The third-order valence-electron chi connectivity index (χ3n) is 4.36. The number of halogens is 1. The molecule has 7 heteroatoms. The lowest BCUT2D eigenvalue weighted by Gasteiger charge is -2.14. The summed E-state index contributed by atoms with van der Waals surface area (Å²) >= 11 is 3.46. The van der Waals surface area contributed by atoms with Gasteiger partial charge >= 0.3 is 0 Å². The Hall–Kier alpha value is -2.41. The lowest BCUT2D eigenvalue weighted by Crippen LogP contribution is -2.24. The predicted octanol–water partition coefficient (Wildman–Crippen LogP) is 4.97. The first kappa shape index (κ1) is 19.4. The summed E-state index contributed by atoms with van der Waals surface area (Å²) < 4.78 is 2.79.